The van der Waals surface area contributed by atoms with Crippen molar-refractivity contribution in [2.24, 2.45) is 0 Å². The van der Waals surface area contributed by atoms with Gasteiger partial charge in [0.1, 0.15) is 23.5 Å². The molecule has 16 heavy (non-hydrogen) atoms. The normalized spacial score (nSPS) is 12.9. The second kappa shape index (κ2) is 3.96. The van der Waals surface area contributed by atoms with E-state index < -0.39 is 18.3 Å². The van der Waals surface area contributed by atoms with Crippen molar-refractivity contribution in [3.63, 3.8) is 0 Å². The Morgan fingerprint density at radius 3 is 2.81 bits per heavy atom. The average Bonchev–Trinajstić information content (AvgIpc) is 2.28. The molecule has 0 fully saturated rings. The molecule has 0 bridgehead atoms. The van der Waals surface area contributed by atoms with Gasteiger partial charge in [-0.1, -0.05) is 12.1 Å². The number of aromatic hydroxyl groups is 1. The van der Waals surface area contributed by atoms with E-state index in [1.54, 1.807) is 12.1 Å². The molecule has 3 N–H and O–H groups in total. The minimum atomic E-state index is -1.14. The van der Waals surface area contributed by atoms with Crippen molar-refractivity contribution in [1.29, 1.82) is 0 Å². The molecule has 1 aromatic carbocycles. The smallest absolute Gasteiger partial charge is 0.347 e. The molecule has 0 radical (unpaired) electrons. The van der Waals surface area contributed by atoms with E-state index in [1.165, 1.54) is 6.07 Å². The van der Waals surface area contributed by atoms with Crippen LogP contribution in [0.4, 0.5) is 0 Å². The summed E-state index contributed by atoms with van der Waals surface area (Å²) in [6.45, 7) is -0.488. The zero-order chi connectivity index (χ0) is 11.7. The first-order valence-electron chi connectivity index (χ1n) is 4.67. The second-order valence-electron chi connectivity index (χ2n) is 3.38. The highest BCUT2D eigenvalue weighted by Crippen LogP contribution is 2.27. The highest BCUT2D eigenvalue weighted by molar-refractivity contribution is 5.89. The third-order valence-electron chi connectivity index (χ3n) is 2.38. The molecule has 5 nitrogen and oxygen atoms in total. The predicted octanol–water partition coefficient (Wildman–Crippen LogP) is 0.524. The molecule has 0 aliphatic rings. The van der Waals surface area contributed by atoms with Crippen LogP contribution in [0.3, 0.4) is 0 Å². The van der Waals surface area contributed by atoms with E-state index in [4.69, 9.17) is 5.11 Å². The summed E-state index contributed by atoms with van der Waals surface area (Å²) in [6.07, 6.45) is -0.0565. The molecule has 0 amide bonds. The Bertz CT molecular complexity index is 572. The van der Waals surface area contributed by atoms with Gasteiger partial charge in [0.05, 0.1) is 6.61 Å². The molecule has 1 atom stereocenters. The molecule has 2 aromatic rings. The van der Waals surface area contributed by atoms with Gasteiger partial charge in [0.2, 0.25) is 0 Å². The van der Waals surface area contributed by atoms with Crippen molar-refractivity contribution in [1.82, 2.24) is 0 Å². The molecule has 84 valence electrons. The Labute approximate surface area is 90.2 Å². The molecule has 5 heteroatoms. The molecular weight excluding hydrogens is 212 g/mol. The first-order chi connectivity index (χ1) is 7.65. The number of hydrogen-bond acceptors (Lipinski definition) is 5. The second-order valence-corrected chi connectivity index (χ2v) is 3.38. The summed E-state index contributed by atoms with van der Waals surface area (Å²) >= 11 is 0. The minimum Gasteiger partial charge on any atom is -0.507 e. The Morgan fingerprint density at radius 1 is 1.38 bits per heavy atom. The van der Waals surface area contributed by atoms with Gasteiger partial charge in [-0.25, -0.2) is 4.79 Å². The lowest BCUT2D eigenvalue weighted by Crippen LogP contribution is -2.07. The largest absolute Gasteiger partial charge is 0.507 e. The van der Waals surface area contributed by atoms with Gasteiger partial charge in [-0.3, -0.25) is 0 Å². The van der Waals surface area contributed by atoms with E-state index in [-0.39, 0.29) is 16.7 Å². The molecule has 2 rings (SSSR count). The van der Waals surface area contributed by atoms with Gasteiger partial charge in [0.15, 0.2) is 0 Å². The molecule has 0 saturated heterocycles. The van der Waals surface area contributed by atoms with Gasteiger partial charge in [0.25, 0.3) is 0 Å². The number of fused-ring (bicyclic) bond motifs is 1. The molecule has 0 aliphatic carbocycles. The number of benzene rings is 1. The van der Waals surface area contributed by atoms with Crippen molar-refractivity contribution in [2.75, 3.05) is 6.61 Å². The van der Waals surface area contributed by atoms with Crippen molar-refractivity contribution in [3.8, 4) is 5.75 Å². The Hall–Kier alpha value is -1.85. The summed E-state index contributed by atoms with van der Waals surface area (Å²) < 4.78 is 4.69. The number of rotatable bonds is 2. The van der Waals surface area contributed by atoms with Gasteiger partial charge in [-0.2, -0.15) is 0 Å². The lowest BCUT2D eigenvalue weighted by Gasteiger charge is -2.09. The number of hydrogen-bond donors (Lipinski definition) is 3. The summed E-state index contributed by atoms with van der Waals surface area (Å²) in [5, 5.41) is 28.3. The maximum atomic E-state index is 11.4. The molecular formula is C11H10O5. The Morgan fingerprint density at radius 2 is 2.12 bits per heavy atom. The Kier molecular flexibility index (Phi) is 2.64. The van der Waals surface area contributed by atoms with Crippen LogP contribution in [0.1, 0.15) is 11.7 Å². The standard InChI is InChI=1S/C11H10O5/c12-4-9(14)7-5-16-11(15)10-6(7)2-1-3-8(10)13/h1-3,5,9,12-14H,4H2. The molecule has 1 heterocycles. The van der Waals surface area contributed by atoms with Crippen LogP contribution in [0.15, 0.2) is 33.7 Å². The third kappa shape index (κ3) is 1.56. The van der Waals surface area contributed by atoms with Crippen molar-refractivity contribution < 1.29 is 19.7 Å². The fourth-order valence-electron chi connectivity index (χ4n) is 1.59. The molecule has 1 aromatic heterocycles. The first-order valence-corrected chi connectivity index (χ1v) is 4.67. The quantitative estimate of drug-likeness (QED) is 0.689. The monoisotopic (exact) mass is 222 g/mol. The van der Waals surface area contributed by atoms with E-state index in [0.717, 1.165) is 6.26 Å². The highest BCUT2D eigenvalue weighted by Gasteiger charge is 2.15. The zero-order valence-corrected chi connectivity index (χ0v) is 8.25. The summed E-state index contributed by atoms with van der Waals surface area (Å²) in [7, 11) is 0. The van der Waals surface area contributed by atoms with Crippen LogP contribution in [-0.2, 0) is 0 Å². The fraction of sp³-hybridized carbons (Fsp3) is 0.182. The van der Waals surface area contributed by atoms with E-state index >= 15 is 0 Å². The molecule has 1 unspecified atom stereocenters. The topological polar surface area (TPSA) is 90.9 Å². The van der Waals surface area contributed by atoms with Crippen molar-refractivity contribution in [3.05, 3.63) is 40.4 Å². The highest BCUT2D eigenvalue weighted by atomic mass is 16.4. The van der Waals surface area contributed by atoms with Gasteiger partial charge in [-0.05, 0) is 6.07 Å². The van der Waals surface area contributed by atoms with E-state index in [1.807, 2.05) is 0 Å². The predicted molar refractivity (Wildman–Crippen MR) is 56.2 cm³/mol. The average molecular weight is 222 g/mol. The summed E-state index contributed by atoms with van der Waals surface area (Å²) in [5.41, 5.74) is -0.407. The van der Waals surface area contributed by atoms with Gasteiger partial charge in [-0.15, -0.1) is 0 Å². The van der Waals surface area contributed by atoms with Gasteiger partial charge < -0.3 is 19.7 Å². The summed E-state index contributed by atoms with van der Waals surface area (Å²) in [5.74, 6) is -0.210. The van der Waals surface area contributed by atoms with Gasteiger partial charge >= 0.3 is 5.63 Å². The third-order valence-corrected chi connectivity index (χ3v) is 2.38. The fourth-order valence-corrected chi connectivity index (χ4v) is 1.59. The number of phenols is 1. The van der Waals surface area contributed by atoms with E-state index in [2.05, 4.69) is 4.42 Å². The lowest BCUT2D eigenvalue weighted by molar-refractivity contribution is 0.0951. The SMILES string of the molecule is O=c1occ(C(O)CO)c2cccc(O)c12. The number of phenolic OH excluding ortho intramolecular Hbond substituents is 1. The van der Waals surface area contributed by atoms with Gasteiger partial charge in [0, 0.05) is 10.9 Å². The van der Waals surface area contributed by atoms with E-state index in [9.17, 15) is 15.0 Å². The molecule has 0 saturated carbocycles. The van der Waals surface area contributed by atoms with Crippen LogP contribution < -0.4 is 5.63 Å². The van der Waals surface area contributed by atoms with Crippen molar-refractivity contribution in [2.45, 2.75) is 6.10 Å². The van der Waals surface area contributed by atoms with Crippen LogP contribution >= 0.6 is 0 Å². The van der Waals surface area contributed by atoms with E-state index in [0.29, 0.717) is 5.39 Å². The number of aliphatic hydroxyl groups is 2. The van der Waals surface area contributed by atoms with Crippen LogP contribution in [0.5, 0.6) is 5.75 Å². The van der Waals surface area contributed by atoms with Crippen LogP contribution in [0.25, 0.3) is 10.8 Å². The van der Waals surface area contributed by atoms with Crippen LogP contribution in [0.2, 0.25) is 0 Å². The van der Waals surface area contributed by atoms with Crippen molar-refractivity contribution >= 4 is 10.8 Å². The maximum absolute atomic E-state index is 11.4. The van der Waals surface area contributed by atoms with Crippen LogP contribution in [-0.4, -0.2) is 21.9 Å². The first kappa shape index (κ1) is 10.7. The van der Waals surface area contributed by atoms with Crippen LogP contribution in [0, 0.1) is 0 Å². The zero-order valence-electron chi connectivity index (χ0n) is 8.25. The minimum absolute atomic E-state index is 0.00694. The molecule has 0 spiro atoms. The summed E-state index contributed by atoms with van der Waals surface area (Å²) in [4.78, 5) is 11.4. The molecule has 0 aliphatic heterocycles. The Balaban J connectivity index is 2.84. The maximum Gasteiger partial charge on any atom is 0.347 e. The number of aliphatic hydroxyl groups excluding tert-OH is 2. The lowest BCUT2D eigenvalue weighted by atomic mass is 10.0. The summed E-state index contributed by atoms with van der Waals surface area (Å²) in [6, 6.07) is 4.47.